The van der Waals surface area contributed by atoms with E-state index in [-0.39, 0.29) is 11.8 Å². The Labute approximate surface area is 118 Å². The van der Waals surface area contributed by atoms with Gasteiger partial charge in [0.25, 0.3) is 0 Å². The Morgan fingerprint density at radius 1 is 1.37 bits per heavy atom. The number of amides is 1. The highest BCUT2D eigenvalue weighted by molar-refractivity contribution is 6.27. The van der Waals surface area contributed by atoms with Gasteiger partial charge < -0.3 is 14.4 Å². The van der Waals surface area contributed by atoms with E-state index >= 15 is 0 Å². The Kier molecular flexibility index (Phi) is 6.39. The third-order valence-electron chi connectivity index (χ3n) is 2.68. The Balaban J connectivity index is 3.01. The van der Waals surface area contributed by atoms with Crippen LogP contribution >= 0.6 is 11.6 Å². The maximum absolute atomic E-state index is 11.9. The molecule has 1 aromatic carbocycles. The van der Waals surface area contributed by atoms with Crippen LogP contribution in [0.1, 0.15) is 5.56 Å². The monoisotopic (exact) mass is 283 g/mol. The Bertz CT molecular complexity index is 448. The molecule has 5 heteroatoms. The first-order valence-electron chi connectivity index (χ1n) is 5.83. The lowest BCUT2D eigenvalue weighted by atomic mass is 10.1. The lowest BCUT2D eigenvalue weighted by Gasteiger charge is -2.25. The fourth-order valence-electron chi connectivity index (χ4n) is 1.69. The number of carbonyl (C=O) groups is 1. The normalized spacial score (nSPS) is 10.1. The van der Waals surface area contributed by atoms with Crippen LogP contribution in [0.2, 0.25) is 0 Å². The van der Waals surface area contributed by atoms with Crippen LogP contribution in [0.4, 0.5) is 0 Å². The summed E-state index contributed by atoms with van der Waals surface area (Å²) in [6.45, 7) is 4.78. The van der Waals surface area contributed by atoms with Gasteiger partial charge in [0, 0.05) is 24.9 Å². The highest BCUT2D eigenvalue weighted by atomic mass is 35.5. The van der Waals surface area contributed by atoms with Crippen molar-refractivity contribution in [3.05, 3.63) is 36.4 Å². The molecule has 0 aromatic heterocycles. The molecule has 0 heterocycles. The summed E-state index contributed by atoms with van der Waals surface area (Å²) in [6.07, 6.45) is 0. The number of hydrogen-bond donors (Lipinski definition) is 0. The van der Waals surface area contributed by atoms with Crippen molar-refractivity contribution in [3.8, 4) is 5.75 Å². The molecule has 0 fully saturated rings. The number of halogens is 1. The van der Waals surface area contributed by atoms with Crippen LogP contribution in [0.3, 0.4) is 0 Å². The van der Waals surface area contributed by atoms with Gasteiger partial charge in [-0.2, -0.15) is 0 Å². The fourth-order valence-corrected chi connectivity index (χ4v) is 1.84. The largest absolute Gasteiger partial charge is 0.496 e. The van der Waals surface area contributed by atoms with Crippen LogP contribution in [0.15, 0.2) is 30.8 Å². The minimum absolute atomic E-state index is 0.0993. The predicted octanol–water partition coefficient (Wildman–Crippen LogP) is 2.38. The summed E-state index contributed by atoms with van der Waals surface area (Å²) in [7, 11) is 3.16. The third-order valence-corrected chi connectivity index (χ3v) is 2.91. The molecular formula is C14H18ClNO3. The van der Waals surface area contributed by atoms with Gasteiger partial charge in [-0.25, -0.2) is 0 Å². The average Bonchev–Trinajstić information content (AvgIpc) is 2.46. The number of alkyl halides is 1. The lowest BCUT2D eigenvalue weighted by molar-refractivity contribution is -0.125. The van der Waals surface area contributed by atoms with E-state index in [1.54, 1.807) is 14.2 Å². The van der Waals surface area contributed by atoms with E-state index in [4.69, 9.17) is 21.1 Å². The standard InChI is InChI=1S/C14H18ClNO3/c1-11(12-6-4-5-7-13(12)19-3)16(8-9-18-2)14(17)10-15/h4-7H,1,8-10H2,2-3H3. The van der Waals surface area contributed by atoms with E-state index in [2.05, 4.69) is 6.58 Å². The second-order valence-electron chi connectivity index (χ2n) is 3.82. The highest BCUT2D eigenvalue weighted by Crippen LogP contribution is 2.27. The zero-order valence-corrected chi connectivity index (χ0v) is 11.9. The summed E-state index contributed by atoms with van der Waals surface area (Å²) in [6, 6.07) is 7.39. The molecule has 0 spiro atoms. The molecule has 1 amide bonds. The van der Waals surface area contributed by atoms with Crippen molar-refractivity contribution < 1.29 is 14.3 Å². The van der Waals surface area contributed by atoms with E-state index in [9.17, 15) is 4.79 Å². The summed E-state index contributed by atoms with van der Waals surface area (Å²) >= 11 is 5.63. The van der Waals surface area contributed by atoms with Crippen molar-refractivity contribution in [2.75, 3.05) is 33.3 Å². The molecule has 0 aliphatic heterocycles. The topological polar surface area (TPSA) is 38.8 Å². The Hall–Kier alpha value is -1.52. The first kappa shape index (κ1) is 15.5. The number of carbonyl (C=O) groups excluding carboxylic acids is 1. The molecule has 0 radical (unpaired) electrons. The molecule has 0 aliphatic carbocycles. The molecule has 1 aromatic rings. The molecule has 0 atom stereocenters. The minimum atomic E-state index is -0.213. The van der Waals surface area contributed by atoms with Crippen LogP contribution in [-0.4, -0.2) is 44.1 Å². The molecule has 104 valence electrons. The van der Waals surface area contributed by atoms with Crippen molar-refractivity contribution in [3.63, 3.8) is 0 Å². The fraction of sp³-hybridized carbons (Fsp3) is 0.357. The number of para-hydroxylation sites is 1. The predicted molar refractivity (Wildman–Crippen MR) is 76.3 cm³/mol. The second kappa shape index (κ2) is 7.81. The molecule has 0 saturated heterocycles. The van der Waals surface area contributed by atoms with Crippen molar-refractivity contribution in [2.24, 2.45) is 0 Å². The molecule has 19 heavy (non-hydrogen) atoms. The van der Waals surface area contributed by atoms with Crippen molar-refractivity contribution in [2.45, 2.75) is 0 Å². The second-order valence-corrected chi connectivity index (χ2v) is 4.09. The zero-order valence-electron chi connectivity index (χ0n) is 11.2. The summed E-state index contributed by atoms with van der Waals surface area (Å²) in [5, 5.41) is 0. The van der Waals surface area contributed by atoms with Gasteiger partial charge in [0.2, 0.25) is 5.91 Å². The maximum atomic E-state index is 11.9. The van der Waals surface area contributed by atoms with Gasteiger partial charge >= 0.3 is 0 Å². The van der Waals surface area contributed by atoms with Crippen LogP contribution < -0.4 is 4.74 Å². The van der Waals surface area contributed by atoms with Gasteiger partial charge in [0.05, 0.1) is 13.7 Å². The average molecular weight is 284 g/mol. The van der Waals surface area contributed by atoms with Crippen molar-refractivity contribution in [1.82, 2.24) is 4.90 Å². The van der Waals surface area contributed by atoms with Crippen LogP contribution in [-0.2, 0) is 9.53 Å². The lowest BCUT2D eigenvalue weighted by Crippen LogP contribution is -2.33. The first-order chi connectivity index (χ1) is 9.15. The van der Waals surface area contributed by atoms with Gasteiger partial charge in [-0.15, -0.1) is 11.6 Å². The van der Waals surface area contributed by atoms with E-state index in [1.165, 1.54) is 4.90 Å². The molecule has 4 nitrogen and oxygen atoms in total. The number of benzene rings is 1. The molecule has 0 saturated carbocycles. The Morgan fingerprint density at radius 3 is 2.63 bits per heavy atom. The third kappa shape index (κ3) is 3.98. The molecular weight excluding hydrogens is 266 g/mol. The van der Waals surface area contributed by atoms with Crippen LogP contribution in [0, 0.1) is 0 Å². The van der Waals surface area contributed by atoms with Gasteiger partial charge in [0.1, 0.15) is 11.6 Å². The van der Waals surface area contributed by atoms with Crippen molar-refractivity contribution >= 4 is 23.2 Å². The van der Waals surface area contributed by atoms with Crippen LogP contribution in [0.25, 0.3) is 5.70 Å². The van der Waals surface area contributed by atoms with E-state index in [0.29, 0.717) is 24.6 Å². The van der Waals surface area contributed by atoms with Gasteiger partial charge in [-0.05, 0) is 12.1 Å². The molecule has 1 rings (SSSR count). The van der Waals surface area contributed by atoms with Gasteiger partial charge in [-0.1, -0.05) is 18.7 Å². The molecule has 0 N–H and O–H groups in total. The quantitative estimate of drug-likeness (QED) is 0.721. The highest BCUT2D eigenvalue weighted by Gasteiger charge is 2.19. The summed E-state index contributed by atoms with van der Waals surface area (Å²) in [4.78, 5) is 13.4. The first-order valence-corrected chi connectivity index (χ1v) is 6.36. The summed E-state index contributed by atoms with van der Waals surface area (Å²) in [5.74, 6) is 0.352. The van der Waals surface area contributed by atoms with E-state index < -0.39 is 0 Å². The smallest absolute Gasteiger partial charge is 0.241 e. The summed E-state index contributed by atoms with van der Waals surface area (Å²) < 4.78 is 10.3. The Morgan fingerprint density at radius 2 is 2.05 bits per heavy atom. The number of hydrogen-bond acceptors (Lipinski definition) is 3. The van der Waals surface area contributed by atoms with E-state index in [1.807, 2.05) is 24.3 Å². The maximum Gasteiger partial charge on any atom is 0.241 e. The van der Waals surface area contributed by atoms with Gasteiger partial charge in [0.15, 0.2) is 0 Å². The SMILES string of the molecule is C=C(c1ccccc1OC)N(CCOC)C(=O)CCl. The number of nitrogens with zero attached hydrogens (tertiary/aromatic N) is 1. The molecule has 0 aliphatic rings. The number of methoxy groups -OCH3 is 2. The number of rotatable bonds is 7. The summed E-state index contributed by atoms with van der Waals surface area (Å²) in [5.41, 5.74) is 1.32. The number of ether oxygens (including phenoxy) is 2. The zero-order chi connectivity index (χ0) is 14.3. The molecule has 0 unspecified atom stereocenters. The van der Waals surface area contributed by atoms with Crippen molar-refractivity contribution in [1.29, 1.82) is 0 Å². The molecule has 0 bridgehead atoms. The van der Waals surface area contributed by atoms with Gasteiger partial charge in [-0.3, -0.25) is 4.79 Å². The minimum Gasteiger partial charge on any atom is -0.496 e. The van der Waals surface area contributed by atoms with Crippen LogP contribution in [0.5, 0.6) is 5.75 Å². The van der Waals surface area contributed by atoms with E-state index in [0.717, 1.165) is 5.56 Å².